The van der Waals surface area contributed by atoms with Gasteiger partial charge in [-0.3, -0.25) is 9.52 Å². The van der Waals surface area contributed by atoms with Gasteiger partial charge in [-0.2, -0.15) is 0 Å². The molecule has 0 aliphatic rings. The van der Waals surface area contributed by atoms with Gasteiger partial charge in [-0.15, -0.1) is 0 Å². The number of methoxy groups -OCH3 is 1. The van der Waals surface area contributed by atoms with Crippen LogP contribution in [0.25, 0.3) is 0 Å². The molecule has 0 aromatic heterocycles. The van der Waals surface area contributed by atoms with Crippen LogP contribution >= 0.6 is 11.6 Å². The van der Waals surface area contributed by atoms with E-state index in [9.17, 15) is 13.2 Å². The molecule has 6 nitrogen and oxygen atoms in total. The summed E-state index contributed by atoms with van der Waals surface area (Å²) in [6, 6.07) is 18.3. The fraction of sp³-hybridized carbons (Fsp3) is 0.136. The Morgan fingerprint density at radius 3 is 2.40 bits per heavy atom. The fourth-order valence-electron chi connectivity index (χ4n) is 2.87. The molecular formula is C22H21ClN2O4S. The number of aryl methyl sites for hydroxylation is 1. The number of carbonyl (C=O) groups is 1. The van der Waals surface area contributed by atoms with Crippen LogP contribution in [0.4, 0.5) is 11.4 Å². The highest BCUT2D eigenvalue weighted by Gasteiger charge is 2.18. The molecule has 8 heteroatoms. The Bertz CT molecular complexity index is 1160. The second-order valence-electron chi connectivity index (χ2n) is 6.67. The predicted molar refractivity (Wildman–Crippen MR) is 119 cm³/mol. The minimum Gasteiger partial charge on any atom is -0.497 e. The van der Waals surface area contributed by atoms with Crippen LogP contribution in [-0.2, 0) is 21.2 Å². The van der Waals surface area contributed by atoms with Crippen LogP contribution in [0.2, 0.25) is 5.02 Å². The Kier molecular flexibility index (Phi) is 6.64. The van der Waals surface area contributed by atoms with Gasteiger partial charge in [0.25, 0.3) is 10.0 Å². The standard InChI is InChI=1S/C22H21ClN2O4S/c1-15-6-9-19(24-22(26)13-16-4-3-5-20(12-16)29-2)14-21(15)30(27,28)25-18-10-7-17(23)8-11-18/h3-12,14,25H,13H2,1-2H3,(H,24,26). The lowest BCUT2D eigenvalue weighted by Gasteiger charge is -2.13. The summed E-state index contributed by atoms with van der Waals surface area (Å²) in [6.07, 6.45) is 0.135. The molecule has 0 aliphatic carbocycles. The third-order valence-electron chi connectivity index (χ3n) is 4.36. The molecule has 0 unspecified atom stereocenters. The van der Waals surface area contributed by atoms with Crippen molar-refractivity contribution in [3.05, 3.63) is 82.9 Å². The molecule has 2 N–H and O–H groups in total. The number of hydrogen-bond acceptors (Lipinski definition) is 4. The van der Waals surface area contributed by atoms with Crippen molar-refractivity contribution >= 4 is 38.9 Å². The number of ether oxygens (including phenoxy) is 1. The van der Waals surface area contributed by atoms with Crippen molar-refractivity contribution in [1.29, 1.82) is 0 Å². The number of amides is 1. The van der Waals surface area contributed by atoms with Crippen molar-refractivity contribution in [3.8, 4) is 5.75 Å². The molecule has 0 atom stereocenters. The summed E-state index contributed by atoms with van der Waals surface area (Å²) in [5.41, 5.74) is 2.13. The van der Waals surface area contributed by atoms with Gasteiger partial charge in [-0.1, -0.05) is 29.8 Å². The zero-order valence-corrected chi connectivity index (χ0v) is 18.0. The van der Waals surface area contributed by atoms with Crippen molar-refractivity contribution in [1.82, 2.24) is 0 Å². The van der Waals surface area contributed by atoms with E-state index in [0.717, 1.165) is 5.56 Å². The first-order valence-electron chi connectivity index (χ1n) is 9.08. The Morgan fingerprint density at radius 1 is 1.00 bits per heavy atom. The van der Waals surface area contributed by atoms with Crippen LogP contribution in [0.1, 0.15) is 11.1 Å². The van der Waals surface area contributed by atoms with Gasteiger partial charge in [0.05, 0.1) is 18.4 Å². The maximum absolute atomic E-state index is 12.8. The topological polar surface area (TPSA) is 84.5 Å². The Balaban J connectivity index is 1.76. The van der Waals surface area contributed by atoms with Gasteiger partial charge in [0.2, 0.25) is 5.91 Å². The zero-order valence-electron chi connectivity index (χ0n) is 16.5. The van der Waals surface area contributed by atoms with Crippen LogP contribution in [0.3, 0.4) is 0 Å². The van der Waals surface area contributed by atoms with Gasteiger partial charge in [0.15, 0.2) is 0 Å². The summed E-state index contributed by atoms with van der Waals surface area (Å²) in [5, 5.41) is 3.26. The van der Waals surface area contributed by atoms with E-state index in [2.05, 4.69) is 10.0 Å². The highest BCUT2D eigenvalue weighted by molar-refractivity contribution is 7.92. The van der Waals surface area contributed by atoms with E-state index in [1.54, 1.807) is 68.6 Å². The summed E-state index contributed by atoms with van der Waals surface area (Å²) in [7, 11) is -2.28. The smallest absolute Gasteiger partial charge is 0.262 e. The van der Waals surface area contributed by atoms with Gasteiger partial charge in [-0.25, -0.2) is 8.42 Å². The highest BCUT2D eigenvalue weighted by Crippen LogP contribution is 2.24. The van der Waals surface area contributed by atoms with Crippen LogP contribution in [-0.4, -0.2) is 21.4 Å². The number of sulfonamides is 1. The summed E-state index contributed by atoms with van der Waals surface area (Å²) >= 11 is 5.84. The molecule has 0 saturated heterocycles. The Hall–Kier alpha value is -3.03. The van der Waals surface area contributed by atoms with Crippen molar-refractivity contribution in [2.75, 3.05) is 17.1 Å². The number of hydrogen-bond donors (Lipinski definition) is 2. The van der Waals surface area contributed by atoms with Crippen LogP contribution in [0, 0.1) is 6.92 Å². The van der Waals surface area contributed by atoms with Gasteiger partial charge >= 0.3 is 0 Å². The predicted octanol–water partition coefficient (Wildman–Crippen LogP) is 4.64. The third kappa shape index (κ3) is 5.52. The number of benzene rings is 3. The number of carbonyl (C=O) groups excluding carboxylic acids is 1. The molecule has 0 fully saturated rings. The van der Waals surface area contributed by atoms with Crippen molar-refractivity contribution < 1.29 is 17.9 Å². The molecule has 3 aromatic carbocycles. The molecule has 30 heavy (non-hydrogen) atoms. The normalized spacial score (nSPS) is 11.0. The van der Waals surface area contributed by atoms with Gasteiger partial charge in [0, 0.05) is 16.4 Å². The van der Waals surface area contributed by atoms with Crippen molar-refractivity contribution in [3.63, 3.8) is 0 Å². The molecule has 0 saturated carbocycles. The maximum Gasteiger partial charge on any atom is 0.262 e. The number of anilines is 2. The van der Waals surface area contributed by atoms with E-state index in [1.165, 1.54) is 6.07 Å². The minimum atomic E-state index is -3.84. The molecule has 0 bridgehead atoms. The maximum atomic E-state index is 12.8. The number of halogens is 1. The summed E-state index contributed by atoms with van der Waals surface area (Å²) in [5.74, 6) is 0.401. The second kappa shape index (κ2) is 9.19. The average molecular weight is 445 g/mol. The molecule has 0 aliphatic heterocycles. The summed E-state index contributed by atoms with van der Waals surface area (Å²) in [6.45, 7) is 1.69. The van der Waals surface area contributed by atoms with Crippen molar-refractivity contribution in [2.24, 2.45) is 0 Å². The fourth-order valence-corrected chi connectivity index (χ4v) is 4.32. The van der Waals surface area contributed by atoms with Gasteiger partial charge < -0.3 is 10.1 Å². The quantitative estimate of drug-likeness (QED) is 0.556. The van der Waals surface area contributed by atoms with Crippen LogP contribution < -0.4 is 14.8 Å². The average Bonchev–Trinajstić information content (AvgIpc) is 2.71. The summed E-state index contributed by atoms with van der Waals surface area (Å²) in [4.78, 5) is 12.5. The van der Waals surface area contributed by atoms with Crippen LogP contribution in [0.15, 0.2) is 71.6 Å². The van der Waals surface area contributed by atoms with E-state index in [-0.39, 0.29) is 17.2 Å². The van der Waals surface area contributed by atoms with Crippen LogP contribution in [0.5, 0.6) is 5.75 Å². The first-order chi connectivity index (χ1) is 14.3. The van der Waals surface area contributed by atoms with E-state index >= 15 is 0 Å². The lowest BCUT2D eigenvalue weighted by molar-refractivity contribution is -0.115. The Labute approximate surface area is 180 Å². The lowest BCUT2D eigenvalue weighted by Crippen LogP contribution is -2.17. The van der Waals surface area contributed by atoms with Gasteiger partial charge in [0.1, 0.15) is 5.75 Å². The monoisotopic (exact) mass is 444 g/mol. The summed E-state index contributed by atoms with van der Waals surface area (Å²) < 4.78 is 33.4. The first kappa shape index (κ1) is 21.7. The molecule has 1 amide bonds. The van der Waals surface area contributed by atoms with Crippen molar-refractivity contribution in [2.45, 2.75) is 18.2 Å². The third-order valence-corrected chi connectivity index (χ3v) is 6.13. The molecule has 0 spiro atoms. The van der Waals surface area contributed by atoms with E-state index < -0.39 is 10.0 Å². The molecule has 3 rings (SSSR count). The van der Waals surface area contributed by atoms with E-state index in [1.807, 2.05) is 6.07 Å². The highest BCUT2D eigenvalue weighted by atomic mass is 35.5. The molecule has 156 valence electrons. The largest absolute Gasteiger partial charge is 0.497 e. The Morgan fingerprint density at radius 2 is 1.70 bits per heavy atom. The van der Waals surface area contributed by atoms with E-state index in [0.29, 0.717) is 27.7 Å². The molecule has 0 heterocycles. The van der Waals surface area contributed by atoms with E-state index in [4.69, 9.17) is 16.3 Å². The molecule has 0 radical (unpaired) electrons. The number of rotatable bonds is 7. The SMILES string of the molecule is COc1cccc(CC(=O)Nc2ccc(C)c(S(=O)(=O)Nc3ccc(Cl)cc3)c2)c1. The first-order valence-corrected chi connectivity index (χ1v) is 10.9. The zero-order chi connectivity index (χ0) is 21.7. The lowest BCUT2D eigenvalue weighted by atomic mass is 10.1. The molecule has 3 aromatic rings. The second-order valence-corrected chi connectivity index (χ2v) is 8.76. The van der Waals surface area contributed by atoms with Gasteiger partial charge in [-0.05, 0) is 66.6 Å². The number of nitrogens with one attached hydrogen (secondary N) is 2. The minimum absolute atomic E-state index is 0.0802. The molecular weight excluding hydrogens is 424 g/mol.